The average Bonchev–Trinajstić information content (AvgIpc) is 3.14. The Labute approximate surface area is 196 Å². The first-order valence-electron chi connectivity index (χ1n) is 10.2. The lowest BCUT2D eigenvalue weighted by Gasteiger charge is -2.20. The number of fused-ring (bicyclic) bond motifs is 1. The Bertz CT molecular complexity index is 1010. The topological polar surface area (TPSA) is 146 Å². The molecule has 0 saturated carbocycles. The van der Waals surface area contributed by atoms with Crippen molar-refractivity contribution >= 4 is 46.4 Å². The zero-order valence-corrected chi connectivity index (χ0v) is 21.1. The lowest BCUT2D eigenvalue weighted by atomic mass is 10.1. The number of aryl methyl sites for hydroxylation is 1. The van der Waals surface area contributed by atoms with Gasteiger partial charge in [0.05, 0.1) is 23.6 Å². The summed E-state index contributed by atoms with van der Waals surface area (Å²) in [6.07, 6.45) is 0.628. The molecule has 0 spiro atoms. The molecular formula is C20H29N2O9PS. The molecule has 0 aliphatic carbocycles. The SMILES string of the molecule is CCc1c(OC)cc(OP(=O)(OCOC(=O)C(C)C)OCOC(=O)C(C)C)c2nc(N)sc12. The second-order valence-corrected chi connectivity index (χ2v) is 10.0. The standard InChI is InChI=1S/C20H29N2O9PS/c1-7-13-14(26-6)8-15(16-17(13)33-20(21)22-16)31-32(25,29-9-27-18(23)11(2)3)30-10-28-19(24)12(4)5/h8,11-12H,7,9-10H2,1-6H3,(H2,21,22). The number of phosphoric ester groups is 1. The third-order valence-electron chi connectivity index (χ3n) is 4.26. The number of nitrogens with two attached hydrogens (primary N) is 1. The van der Waals surface area contributed by atoms with Crippen LogP contribution in [0.2, 0.25) is 0 Å². The molecule has 0 radical (unpaired) electrons. The van der Waals surface area contributed by atoms with Gasteiger partial charge in [-0.05, 0) is 6.42 Å². The summed E-state index contributed by atoms with van der Waals surface area (Å²) in [5.74, 6) is -1.52. The van der Waals surface area contributed by atoms with Gasteiger partial charge in [-0.2, -0.15) is 0 Å². The van der Waals surface area contributed by atoms with E-state index in [4.69, 9.17) is 33.5 Å². The lowest BCUT2D eigenvalue weighted by molar-refractivity contribution is -0.157. The van der Waals surface area contributed by atoms with E-state index < -0.39 is 45.2 Å². The van der Waals surface area contributed by atoms with Crippen molar-refractivity contribution in [3.63, 3.8) is 0 Å². The van der Waals surface area contributed by atoms with Crippen LogP contribution in [0, 0.1) is 11.8 Å². The molecular weight excluding hydrogens is 475 g/mol. The van der Waals surface area contributed by atoms with Crippen molar-refractivity contribution < 1.29 is 41.9 Å². The smallest absolute Gasteiger partial charge is 0.496 e. The van der Waals surface area contributed by atoms with E-state index in [1.807, 2.05) is 6.92 Å². The van der Waals surface area contributed by atoms with E-state index in [9.17, 15) is 14.2 Å². The molecule has 11 nitrogen and oxygen atoms in total. The van der Waals surface area contributed by atoms with Gasteiger partial charge in [0.15, 0.2) is 10.9 Å². The number of nitrogen functional groups attached to an aromatic ring is 1. The van der Waals surface area contributed by atoms with E-state index in [1.54, 1.807) is 27.7 Å². The minimum absolute atomic E-state index is 0.0145. The van der Waals surface area contributed by atoms with Gasteiger partial charge in [0.1, 0.15) is 11.3 Å². The van der Waals surface area contributed by atoms with Crippen LogP contribution in [0.4, 0.5) is 5.13 Å². The molecule has 184 valence electrons. The van der Waals surface area contributed by atoms with Crippen LogP contribution in [0.1, 0.15) is 40.2 Å². The Balaban J connectivity index is 2.34. The maximum atomic E-state index is 13.3. The van der Waals surface area contributed by atoms with Gasteiger partial charge in [0, 0.05) is 11.6 Å². The van der Waals surface area contributed by atoms with Crippen LogP contribution in [-0.4, -0.2) is 37.6 Å². The minimum Gasteiger partial charge on any atom is -0.496 e. The molecule has 0 bridgehead atoms. The van der Waals surface area contributed by atoms with Gasteiger partial charge >= 0.3 is 19.8 Å². The van der Waals surface area contributed by atoms with E-state index in [-0.39, 0.29) is 10.9 Å². The highest BCUT2D eigenvalue weighted by atomic mass is 32.1. The predicted octanol–water partition coefficient (Wildman–Crippen LogP) is 4.28. The van der Waals surface area contributed by atoms with Crippen molar-refractivity contribution in [2.45, 2.75) is 41.0 Å². The number of benzene rings is 1. The number of esters is 2. The molecule has 2 rings (SSSR count). The van der Waals surface area contributed by atoms with Crippen LogP contribution in [-0.2, 0) is 39.1 Å². The van der Waals surface area contributed by atoms with Gasteiger partial charge in [0.2, 0.25) is 13.6 Å². The third kappa shape index (κ3) is 7.04. The fourth-order valence-corrected chi connectivity index (χ4v) is 4.40. The second-order valence-electron chi connectivity index (χ2n) is 7.41. The monoisotopic (exact) mass is 504 g/mol. The van der Waals surface area contributed by atoms with Gasteiger partial charge in [-0.3, -0.25) is 9.59 Å². The molecule has 1 aromatic heterocycles. The molecule has 33 heavy (non-hydrogen) atoms. The van der Waals surface area contributed by atoms with Crippen LogP contribution < -0.4 is 15.0 Å². The number of hydrogen-bond acceptors (Lipinski definition) is 12. The van der Waals surface area contributed by atoms with Crippen LogP contribution >= 0.6 is 19.2 Å². The first-order chi connectivity index (χ1) is 15.5. The largest absolute Gasteiger partial charge is 0.536 e. The number of aromatic nitrogens is 1. The Morgan fingerprint density at radius 3 is 2.06 bits per heavy atom. The molecule has 2 aromatic rings. The van der Waals surface area contributed by atoms with Crippen LogP contribution in [0.15, 0.2) is 6.07 Å². The third-order valence-corrected chi connectivity index (χ3v) is 6.47. The number of anilines is 1. The number of thiazole rings is 1. The molecule has 0 unspecified atom stereocenters. The minimum atomic E-state index is -4.45. The Hall–Kier alpha value is -2.40. The highest BCUT2D eigenvalue weighted by Crippen LogP contribution is 2.52. The van der Waals surface area contributed by atoms with Gasteiger partial charge in [-0.1, -0.05) is 46.0 Å². The first kappa shape index (κ1) is 26.8. The molecule has 13 heteroatoms. The summed E-state index contributed by atoms with van der Waals surface area (Å²) in [6, 6.07) is 1.49. The normalized spacial score (nSPS) is 11.8. The molecule has 0 fully saturated rings. The van der Waals surface area contributed by atoms with Gasteiger partial charge in [-0.15, -0.1) is 0 Å². The van der Waals surface area contributed by atoms with Gasteiger partial charge in [-0.25, -0.2) is 18.6 Å². The maximum absolute atomic E-state index is 13.3. The summed E-state index contributed by atoms with van der Waals surface area (Å²) in [6.45, 7) is 7.04. The Morgan fingerprint density at radius 1 is 1.06 bits per heavy atom. The van der Waals surface area contributed by atoms with E-state index >= 15 is 0 Å². The summed E-state index contributed by atoms with van der Waals surface area (Å²) in [5.41, 5.74) is 7.07. The quantitative estimate of drug-likeness (QED) is 0.251. The highest BCUT2D eigenvalue weighted by molar-refractivity contribution is 7.49. The average molecular weight is 504 g/mol. The Kier molecular flexibility index (Phi) is 9.47. The van der Waals surface area contributed by atoms with Crippen LogP contribution in [0.25, 0.3) is 10.2 Å². The highest BCUT2D eigenvalue weighted by Gasteiger charge is 2.33. The summed E-state index contributed by atoms with van der Waals surface area (Å²) >= 11 is 1.22. The van der Waals surface area contributed by atoms with Crippen molar-refractivity contribution in [1.82, 2.24) is 4.98 Å². The molecule has 1 aromatic carbocycles. The van der Waals surface area contributed by atoms with E-state index in [2.05, 4.69) is 4.98 Å². The summed E-state index contributed by atoms with van der Waals surface area (Å²) < 4.78 is 45.2. The molecule has 0 aliphatic rings. The van der Waals surface area contributed by atoms with E-state index in [0.717, 1.165) is 5.56 Å². The van der Waals surface area contributed by atoms with E-state index in [1.165, 1.54) is 24.5 Å². The van der Waals surface area contributed by atoms with E-state index in [0.29, 0.717) is 22.4 Å². The number of ether oxygens (including phenoxy) is 3. The van der Waals surface area contributed by atoms with Crippen molar-refractivity contribution in [2.75, 3.05) is 26.4 Å². The van der Waals surface area contributed by atoms with Crippen LogP contribution in [0.5, 0.6) is 11.5 Å². The fourth-order valence-electron chi connectivity index (χ4n) is 2.52. The number of hydrogen-bond donors (Lipinski definition) is 1. The number of phosphoric acid groups is 1. The molecule has 1 heterocycles. The summed E-state index contributed by atoms with van der Waals surface area (Å²) in [4.78, 5) is 27.7. The van der Waals surface area contributed by atoms with Crippen molar-refractivity contribution in [1.29, 1.82) is 0 Å². The number of nitrogens with zero attached hydrogens (tertiary/aromatic N) is 1. The van der Waals surface area contributed by atoms with Crippen molar-refractivity contribution in [3.8, 4) is 11.5 Å². The first-order valence-corrected chi connectivity index (χ1v) is 12.5. The zero-order chi connectivity index (χ0) is 24.8. The van der Waals surface area contributed by atoms with Crippen molar-refractivity contribution in [2.24, 2.45) is 11.8 Å². The molecule has 0 saturated heterocycles. The van der Waals surface area contributed by atoms with Gasteiger partial charge < -0.3 is 24.5 Å². The lowest BCUT2D eigenvalue weighted by Crippen LogP contribution is -2.17. The Morgan fingerprint density at radius 2 is 1.61 bits per heavy atom. The maximum Gasteiger partial charge on any atom is 0.536 e. The summed E-state index contributed by atoms with van der Waals surface area (Å²) in [5, 5.41) is 0.270. The second kappa shape index (κ2) is 11.6. The molecule has 0 amide bonds. The van der Waals surface area contributed by atoms with Crippen LogP contribution in [0.3, 0.4) is 0 Å². The number of carbonyl (C=O) groups is 2. The number of carbonyl (C=O) groups excluding carboxylic acids is 2. The summed E-state index contributed by atoms with van der Waals surface area (Å²) in [7, 11) is -2.97. The molecule has 2 N–H and O–H groups in total. The van der Waals surface area contributed by atoms with Crippen molar-refractivity contribution in [3.05, 3.63) is 11.6 Å². The molecule has 0 aliphatic heterocycles. The predicted molar refractivity (Wildman–Crippen MR) is 122 cm³/mol. The fraction of sp³-hybridized carbons (Fsp3) is 0.550. The number of methoxy groups -OCH3 is 1. The number of rotatable bonds is 12. The molecule has 0 atom stereocenters. The zero-order valence-electron chi connectivity index (χ0n) is 19.4. The van der Waals surface area contributed by atoms with Gasteiger partial charge in [0.25, 0.3) is 0 Å².